The second-order valence-corrected chi connectivity index (χ2v) is 6.08. The first-order valence-electron chi connectivity index (χ1n) is 7.76. The maximum Gasteiger partial charge on any atom is 0.435 e. The number of aryl methyl sites for hydroxylation is 1. The molecule has 0 aromatic carbocycles. The number of nitrogens with two attached hydrogens (primary N) is 1. The van der Waals surface area contributed by atoms with E-state index in [1.807, 2.05) is 6.07 Å². The second kappa shape index (κ2) is 6.39. The summed E-state index contributed by atoms with van der Waals surface area (Å²) in [6.45, 7) is 2.33. The number of nitrogens with zero attached hydrogens (tertiary/aromatic N) is 4. The van der Waals surface area contributed by atoms with Crippen LogP contribution in [0, 0.1) is 6.92 Å². The predicted molar refractivity (Wildman–Crippen MR) is 82.4 cm³/mol. The lowest BCUT2D eigenvalue weighted by atomic mass is 9.79. The molecule has 3 rings (SSSR count). The quantitative estimate of drug-likeness (QED) is 0.873. The van der Waals surface area contributed by atoms with Crippen LogP contribution in [-0.2, 0) is 12.7 Å². The molecule has 2 aromatic heterocycles. The Morgan fingerprint density at radius 3 is 2.67 bits per heavy atom. The Morgan fingerprint density at radius 1 is 1.29 bits per heavy atom. The van der Waals surface area contributed by atoms with Gasteiger partial charge in [-0.15, -0.1) is 0 Å². The van der Waals surface area contributed by atoms with E-state index >= 15 is 0 Å². The Morgan fingerprint density at radius 2 is 2.04 bits per heavy atom. The first kappa shape index (κ1) is 16.7. The zero-order valence-corrected chi connectivity index (χ0v) is 13.2. The molecule has 3 N–H and O–H groups in total. The van der Waals surface area contributed by atoms with Gasteiger partial charge in [-0.1, -0.05) is 0 Å². The van der Waals surface area contributed by atoms with Gasteiger partial charge in [0.15, 0.2) is 5.69 Å². The van der Waals surface area contributed by atoms with Gasteiger partial charge in [-0.05, 0) is 25.8 Å². The summed E-state index contributed by atoms with van der Waals surface area (Å²) in [6, 6.07) is 3.16. The second-order valence-electron chi connectivity index (χ2n) is 6.08. The van der Waals surface area contributed by atoms with E-state index in [2.05, 4.69) is 20.4 Å². The summed E-state index contributed by atoms with van der Waals surface area (Å²) in [5.41, 5.74) is 6.33. The Hall–Kier alpha value is -2.16. The molecule has 0 unspecified atom stereocenters. The van der Waals surface area contributed by atoms with Crippen molar-refractivity contribution in [3.8, 4) is 0 Å². The van der Waals surface area contributed by atoms with Crippen LogP contribution in [0.15, 0.2) is 18.5 Å². The fourth-order valence-corrected chi connectivity index (χ4v) is 2.76. The van der Waals surface area contributed by atoms with Gasteiger partial charge in [0.25, 0.3) is 0 Å². The third kappa shape index (κ3) is 3.66. The van der Waals surface area contributed by atoms with Crippen molar-refractivity contribution >= 4 is 5.82 Å². The fraction of sp³-hybridized carbons (Fsp3) is 0.533. The number of halogens is 3. The molecule has 0 atom stereocenters. The van der Waals surface area contributed by atoms with Crippen LogP contribution in [0.2, 0.25) is 0 Å². The van der Waals surface area contributed by atoms with Gasteiger partial charge >= 0.3 is 6.18 Å². The van der Waals surface area contributed by atoms with E-state index in [1.54, 1.807) is 6.92 Å². The third-order valence-electron chi connectivity index (χ3n) is 4.18. The highest BCUT2D eigenvalue weighted by Gasteiger charge is 2.34. The summed E-state index contributed by atoms with van der Waals surface area (Å²) in [5.74, 6) is 1.02. The summed E-state index contributed by atoms with van der Waals surface area (Å²) >= 11 is 0. The van der Waals surface area contributed by atoms with Gasteiger partial charge in [0.2, 0.25) is 0 Å². The highest BCUT2D eigenvalue weighted by Crippen LogP contribution is 2.34. The van der Waals surface area contributed by atoms with E-state index in [0.717, 1.165) is 24.6 Å². The van der Waals surface area contributed by atoms with Gasteiger partial charge in [-0.3, -0.25) is 4.68 Å². The van der Waals surface area contributed by atoms with Crippen LogP contribution in [0.4, 0.5) is 19.0 Å². The zero-order valence-electron chi connectivity index (χ0n) is 13.2. The molecular formula is C15H19F3N6. The van der Waals surface area contributed by atoms with Gasteiger partial charge in [0.1, 0.15) is 12.1 Å². The molecule has 2 heterocycles. The summed E-state index contributed by atoms with van der Waals surface area (Å²) in [7, 11) is 0. The van der Waals surface area contributed by atoms with Crippen molar-refractivity contribution in [2.45, 2.75) is 44.4 Å². The molecule has 130 valence electrons. The normalized spacial score (nSPS) is 20.7. The Balaban J connectivity index is 1.57. The number of hydrogen-bond acceptors (Lipinski definition) is 5. The largest absolute Gasteiger partial charge is 0.435 e. The van der Waals surface area contributed by atoms with Gasteiger partial charge in [0.05, 0.1) is 6.54 Å². The molecule has 24 heavy (non-hydrogen) atoms. The molecule has 0 radical (unpaired) electrons. The molecule has 2 aromatic rings. The van der Waals surface area contributed by atoms with Gasteiger partial charge in [-0.25, -0.2) is 9.97 Å². The highest BCUT2D eigenvalue weighted by molar-refractivity contribution is 5.36. The van der Waals surface area contributed by atoms with E-state index in [-0.39, 0.29) is 6.04 Å². The van der Waals surface area contributed by atoms with E-state index in [9.17, 15) is 13.2 Å². The molecule has 0 spiro atoms. The first-order valence-corrected chi connectivity index (χ1v) is 7.76. The lowest BCUT2D eigenvalue weighted by Crippen LogP contribution is -2.35. The van der Waals surface area contributed by atoms with Crippen molar-refractivity contribution in [1.29, 1.82) is 0 Å². The molecule has 1 saturated carbocycles. The van der Waals surface area contributed by atoms with Crippen molar-refractivity contribution in [1.82, 2.24) is 19.7 Å². The van der Waals surface area contributed by atoms with Gasteiger partial charge in [0, 0.05) is 36.0 Å². The topological polar surface area (TPSA) is 81.7 Å². The van der Waals surface area contributed by atoms with Crippen molar-refractivity contribution in [3.63, 3.8) is 0 Å². The van der Waals surface area contributed by atoms with Crippen LogP contribution < -0.4 is 11.1 Å². The highest BCUT2D eigenvalue weighted by atomic mass is 19.4. The molecule has 0 aliphatic heterocycles. The van der Waals surface area contributed by atoms with Crippen molar-refractivity contribution in [2.75, 3.05) is 11.9 Å². The minimum atomic E-state index is -4.42. The minimum absolute atomic E-state index is 0.243. The molecule has 0 saturated heterocycles. The molecule has 0 bridgehead atoms. The zero-order chi connectivity index (χ0) is 17.3. The van der Waals surface area contributed by atoms with Gasteiger partial charge < -0.3 is 11.1 Å². The third-order valence-corrected chi connectivity index (χ3v) is 4.18. The Kier molecular flexibility index (Phi) is 4.44. The molecule has 6 nitrogen and oxygen atoms in total. The molecule has 0 amide bonds. The Bertz CT molecular complexity index is 705. The van der Waals surface area contributed by atoms with Crippen LogP contribution in [0.5, 0.6) is 0 Å². The van der Waals surface area contributed by atoms with E-state index in [0.29, 0.717) is 30.5 Å². The minimum Gasteiger partial charge on any atom is -0.368 e. The van der Waals surface area contributed by atoms with Gasteiger partial charge in [-0.2, -0.15) is 18.3 Å². The molecule has 1 aliphatic rings. The Labute approximate surface area is 137 Å². The standard InChI is InChI=1S/C15H19F3N6/c1-9-4-13(15(16,17)18)23-24(9)3-2-20-14-7-12(21-8-22-14)10-5-11(19)6-10/h4,7-8,10-11H,2-3,5-6,19H2,1H3,(H,20,21,22). The number of alkyl halides is 3. The number of nitrogens with one attached hydrogen (secondary N) is 1. The first-order chi connectivity index (χ1) is 11.3. The fourth-order valence-electron chi connectivity index (χ4n) is 2.76. The van der Waals surface area contributed by atoms with Crippen LogP contribution in [-0.4, -0.2) is 32.3 Å². The monoisotopic (exact) mass is 340 g/mol. The predicted octanol–water partition coefficient (Wildman–Crippen LogP) is 2.32. The summed E-state index contributed by atoms with van der Waals surface area (Å²) in [4.78, 5) is 8.39. The van der Waals surface area contributed by atoms with Crippen molar-refractivity contribution < 1.29 is 13.2 Å². The SMILES string of the molecule is Cc1cc(C(F)(F)F)nn1CCNc1cc(C2CC(N)C2)ncn1. The van der Waals surface area contributed by atoms with Crippen LogP contribution in [0.3, 0.4) is 0 Å². The van der Waals surface area contributed by atoms with E-state index in [4.69, 9.17) is 5.73 Å². The molecular weight excluding hydrogens is 321 g/mol. The maximum absolute atomic E-state index is 12.6. The molecule has 1 fully saturated rings. The average Bonchev–Trinajstić information content (AvgIpc) is 2.86. The summed E-state index contributed by atoms with van der Waals surface area (Å²) < 4.78 is 39.2. The lowest BCUT2D eigenvalue weighted by molar-refractivity contribution is -0.141. The van der Waals surface area contributed by atoms with Crippen molar-refractivity contribution in [2.24, 2.45) is 5.73 Å². The lowest BCUT2D eigenvalue weighted by Gasteiger charge is -2.31. The van der Waals surface area contributed by atoms with Crippen LogP contribution in [0.25, 0.3) is 0 Å². The van der Waals surface area contributed by atoms with Crippen LogP contribution >= 0.6 is 0 Å². The van der Waals surface area contributed by atoms with Crippen molar-refractivity contribution in [3.05, 3.63) is 35.5 Å². The average molecular weight is 340 g/mol. The van der Waals surface area contributed by atoms with E-state index < -0.39 is 11.9 Å². The number of anilines is 1. The number of hydrogen-bond donors (Lipinski definition) is 2. The van der Waals surface area contributed by atoms with Crippen LogP contribution in [0.1, 0.15) is 35.8 Å². The molecule has 1 aliphatic carbocycles. The molecule has 9 heteroatoms. The van der Waals surface area contributed by atoms with E-state index in [1.165, 1.54) is 11.0 Å². The number of rotatable bonds is 5. The maximum atomic E-state index is 12.6. The smallest absolute Gasteiger partial charge is 0.368 e. The summed E-state index contributed by atoms with van der Waals surface area (Å²) in [6.07, 6.45) is -1.09. The summed E-state index contributed by atoms with van der Waals surface area (Å²) in [5, 5.41) is 6.69. The number of aromatic nitrogens is 4.